The minimum atomic E-state index is -4.65. The van der Waals surface area contributed by atoms with Crippen LogP contribution >= 0.6 is 0 Å². The maximum atomic E-state index is 15.4. The number of carbonyl (C=O) groups is 1. The summed E-state index contributed by atoms with van der Waals surface area (Å²) < 4.78 is 68.9. The molecule has 0 radical (unpaired) electrons. The van der Waals surface area contributed by atoms with E-state index in [2.05, 4.69) is 16.8 Å². The minimum Gasteiger partial charge on any atom is -0.497 e. The fourth-order valence-corrected chi connectivity index (χ4v) is 9.14. The van der Waals surface area contributed by atoms with Crippen molar-refractivity contribution in [3.05, 3.63) is 93.8 Å². The van der Waals surface area contributed by atoms with Gasteiger partial charge in [-0.25, -0.2) is 9.78 Å². The standard InChI is InChI=1S/C48H62F3N7O5/c1-30-23-39-40(52-45(62-29-35-11-10-20-55(35)7)54-44(39)58-22-21-56(26-32(58)3)46(59)63-47(4,5)6)25-38(30)43-42(48(49,50)51)31(2)24-41(53-43)57(27-33-12-16-36(60-8)17-13-33)28-34-14-18-37(61-9)19-15-34/h12-19,24,30,32,35,38H,10-11,20-23,25-29H2,1-9H3/t30?,32-,35-,38?/m0/s1. The van der Waals surface area contributed by atoms with Gasteiger partial charge in [-0.05, 0) is 127 Å². The molecule has 7 rings (SSSR count). The van der Waals surface area contributed by atoms with Gasteiger partial charge < -0.3 is 38.5 Å². The number of amides is 1. The van der Waals surface area contributed by atoms with Gasteiger partial charge in [0.2, 0.25) is 0 Å². The second-order valence-electron chi connectivity index (χ2n) is 18.4. The molecule has 2 aliphatic heterocycles. The number of hydrogen-bond donors (Lipinski definition) is 0. The third-order valence-corrected chi connectivity index (χ3v) is 12.6. The molecule has 340 valence electrons. The Bertz CT molecular complexity index is 2170. The third-order valence-electron chi connectivity index (χ3n) is 12.6. The van der Waals surface area contributed by atoms with E-state index in [0.717, 1.165) is 36.1 Å². The number of nitrogens with zero attached hydrogens (tertiary/aromatic N) is 7. The Kier molecular flexibility index (Phi) is 13.6. The van der Waals surface area contributed by atoms with E-state index in [1.807, 2.05) is 88.0 Å². The monoisotopic (exact) mass is 873 g/mol. The Morgan fingerprint density at radius 3 is 2.05 bits per heavy atom. The lowest BCUT2D eigenvalue weighted by atomic mass is 9.75. The number of carbonyl (C=O) groups excluding carboxylic acids is 1. The molecule has 2 saturated heterocycles. The van der Waals surface area contributed by atoms with Gasteiger partial charge in [-0.1, -0.05) is 31.2 Å². The number of aromatic nitrogens is 3. The molecule has 4 atom stereocenters. The summed E-state index contributed by atoms with van der Waals surface area (Å²) in [6, 6.07) is 17.2. The van der Waals surface area contributed by atoms with Crippen LogP contribution in [0.1, 0.15) is 92.6 Å². The summed E-state index contributed by atoms with van der Waals surface area (Å²) in [4.78, 5) is 36.3. The number of anilines is 2. The van der Waals surface area contributed by atoms with Gasteiger partial charge in [-0.3, -0.25) is 0 Å². The molecule has 2 fully saturated rings. The lowest BCUT2D eigenvalue weighted by Crippen LogP contribution is -2.55. The molecule has 63 heavy (non-hydrogen) atoms. The Labute approximate surface area is 369 Å². The number of pyridine rings is 1. The molecule has 1 amide bonds. The second kappa shape index (κ2) is 18.8. The van der Waals surface area contributed by atoms with Crippen LogP contribution < -0.4 is 24.0 Å². The Hall–Kier alpha value is -5.31. The smallest absolute Gasteiger partial charge is 0.418 e. The summed E-state index contributed by atoms with van der Waals surface area (Å²) in [7, 11) is 5.30. The SMILES string of the molecule is COc1ccc(CN(Cc2ccc(OC)cc2)c2cc(C)c(C(F)(F)F)c(C3Cc4nc(OC[C@@H]5CCCN5C)nc(N5CCN(C(=O)OC(C)(C)C)C[C@@H]5C)c4CC3C)n2)cc1. The predicted molar refractivity (Wildman–Crippen MR) is 237 cm³/mol. The van der Waals surface area contributed by atoms with Crippen molar-refractivity contribution in [1.82, 2.24) is 24.8 Å². The number of ether oxygens (including phenoxy) is 4. The third kappa shape index (κ3) is 10.7. The summed E-state index contributed by atoms with van der Waals surface area (Å²) in [5.74, 6) is 1.70. The number of likely N-dealkylation sites (N-methyl/N-ethyl adjacent to an activating group) is 1. The van der Waals surface area contributed by atoms with Gasteiger partial charge in [-0.15, -0.1) is 0 Å². The van der Waals surface area contributed by atoms with Gasteiger partial charge in [-0.2, -0.15) is 23.1 Å². The minimum absolute atomic E-state index is 0.0136. The molecule has 2 aromatic heterocycles. The van der Waals surface area contributed by atoms with Crippen molar-refractivity contribution in [2.45, 2.75) is 110 Å². The van der Waals surface area contributed by atoms with Crippen LogP contribution in [0, 0.1) is 12.8 Å². The summed E-state index contributed by atoms with van der Waals surface area (Å²) in [5, 5.41) is 0. The number of methoxy groups -OCH3 is 2. The van der Waals surface area contributed by atoms with Crippen molar-refractivity contribution in [2.24, 2.45) is 5.92 Å². The van der Waals surface area contributed by atoms with Crippen LogP contribution in [0.15, 0.2) is 54.6 Å². The van der Waals surface area contributed by atoms with Crippen LogP contribution in [0.4, 0.5) is 29.6 Å². The number of halogens is 3. The Morgan fingerprint density at radius 2 is 1.51 bits per heavy atom. The summed E-state index contributed by atoms with van der Waals surface area (Å²) >= 11 is 0. The van der Waals surface area contributed by atoms with Crippen molar-refractivity contribution in [3.63, 3.8) is 0 Å². The second-order valence-corrected chi connectivity index (χ2v) is 18.4. The fraction of sp³-hybridized carbons (Fsp3) is 0.542. The largest absolute Gasteiger partial charge is 0.497 e. The molecule has 1 aliphatic carbocycles. The highest BCUT2D eigenvalue weighted by Gasteiger charge is 2.43. The van der Waals surface area contributed by atoms with Crippen LogP contribution in [0.3, 0.4) is 0 Å². The van der Waals surface area contributed by atoms with Crippen molar-refractivity contribution < 1.29 is 36.9 Å². The molecule has 2 unspecified atom stereocenters. The average Bonchev–Trinajstić information content (AvgIpc) is 3.65. The first-order valence-electron chi connectivity index (χ1n) is 22.0. The molecule has 3 aliphatic rings. The maximum absolute atomic E-state index is 15.4. The first-order chi connectivity index (χ1) is 29.9. The van der Waals surface area contributed by atoms with E-state index in [-0.39, 0.29) is 47.8 Å². The van der Waals surface area contributed by atoms with Gasteiger partial charge in [0.1, 0.15) is 35.3 Å². The molecule has 0 N–H and O–H groups in total. The van der Waals surface area contributed by atoms with Crippen molar-refractivity contribution in [2.75, 3.05) is 63.9 Å². The first-order valence-corrected chi connectivity index (χ1v) is 22.0. The van der Waals surface area contributed by atoms with Crippen LogP contribution in [0.2, 0.25) is 0 Å². The number of rotatable bonds is 12. The highest BCUT2D eigenvalue weighted by molar-refractivity contribution is 5.69. The summed E-state index contributed by atoms with van der Waals surface area (Å²) in [6.07, 6.45) is -2.30. The Morgan fingerprint density at radius 1 is 0.873 bits per heavy atom. The van der Waals surface area contributed by atoms with Crippen LogP contribution in [-0.2, 0) is 36.8 Å². The van der Waals surface area contributed by atoms with E-state index in [9.17, 15) is 4.79 Å². The van der Waals surface area contributed by atoms with Crippen LogP contribution in [-0.4, -0.2) is 103 Å². The molecule has 0 spiro atoms. The van der Waals surface area contributed by atoms with Crippen molar-refractivity contribution >= 4 is 17.7 Å². The van der Waals surface area contributed by atoms with Gasteiger partial charge in [0.15, 0.2) is 0 Å². The molecule has 15 heteroatoms. The summed E-state index contributed by atoms with van der Waals surface area (Å²) in [5.41, 5.74) is 2.25. The van der Waals surface area contributed by atoms with E-state index < -0.39 is 23.3 Å². The molecule has 4 heterocycles. The van der Waals surface area contributed by atoms with Crippen LogP contribution in [0.25, 0.3) is 0 Å². The van der Waals surface area contributed by atoms with Gasteiger partial charge in [0.25, 0.3) is 0 Å². The molecular formula is C48H62F3N7O5. The van der Waals surface area contributed by atoms with Crippen LogP contribution in [0.5, 0.6) is 17.5 Å². The lowest BCUT2D eigenvalue weighted by molar-refractivity contribution is -0.139. The highest BCUT2D eigenvalue weighted by atomic mass is 19.4. The lowest BCUT2D eigenvalue weighted by Gasteiger charge is -2.42. The normalized spacial score (nSPS) is 20.6. The number of fused-ring (bicyclic) bond motifs is 1. The average molecular weight is 874 g/mol. The number of hydrogen-bond acceptors (Lipinski definition) is 11. The number of alkyl halides is 3. The molecule has 2 aromatic carbocycles. The predicted octanol–water partition coefficient (Wildman–Crippen LogP) is 8.86. The highest BCUT2D eigenvalue weighted by Crippen LogP contribution is 2.46. The van der Waals surface area contributed by atoms with E-state index in [0.29, 0.717) is 74.6 Å². The Balaban J connectivity index is 1.27. The summed E-state index contributed by atoms with van der Waals surface area (Å²) in [6.45, 7) is 14.6. The van der Waals surface area contributed by atoms with E-state index in [1.165, 1.54) is 6.92 Å². The van der Waals surface area contributed by atoms with Gasteiger partial charge >= 0.3 is 18.3 Å². The van der Waals surface area contributed by atoms with E-state index in [4.69, 9.17) is 33.9 Å². The number of likely N-dealkylation sites (tertiary alicyclic amines) is 1. The number of piperazine rings is 1. The molecule has 12 nitrogen and oxygen atoms in total. The molecule has 0 saturated carbocycles. The zero-order chi connectivity index (χ0) is 45.2. The van der Waals surface area contributed by atoms with Gasteiger partial charge in [0.05, 0.1) is 31.2 Å². The van der Waals surface area contributed by atoms with E-state index >= 15 is 13.2 Å². The first kappa shape index (κ1) is 45.7. The molecular weight excluding hydrogens is 812 g/mol. The zero-order valence-electron chi connectivity index (χ0n) is 38.1. The number of benzene rings is 2. The van der Waals surface area contributed by atoms with Crippen molar-refractivity contribution in [3.8, 4) is 17.5 Å². The fourth-order valence-electron chi connectivity index (χ4n) is 9.14. The van der Waals surface area contributed by atoms with Crippen molar-refractivity contribution in [1.29, 1.82) is 0 Å². The maximum Gasteiger partial charge on any atom is 0.418 e. The van der Waals surface area contributed by atoms with Gasteiger partial charge in [0, 0.05) is 56.3 Å². The molecule has 4 aromatic rings. The quantitative estimate of drug-likeness (QED) is 0.136. The molecule has 0 bridgehead atoms. The number of aryl methyl sites for hydroxylation is 1. The van der Waals surface area contributed by atoms with E-state index in [1.54, 1.807) is 25.2 Å². The zero-order valence-corrected chi connectivity index (χ0v) is 38.1. The topological polar surface area (TPSA) is 106 Å².